The van der Waals surface area contributed by atoms with Gasteiger partial charge in [0.2, 0.25) is 0 Å². The third kappa shape index (κ3) is 3.98. The molecule has 2 aliphatic carbocycles. The molecule has 0 aromatic carbocycles. The fraction of sp³-hybridized carbons (Fsp3) is 1.00. The van der Waals surface area contributed by atoms with E-state index in [-0.39, 0.29) is 0 Å². The Morgan fingerprint density at radius 1 is 1.10 bits per heavy atom. The van der Waals surface area contributed by atoms with Crippen LogP contribution in [0.25, 0.3) is 0 Å². The lowest BCUT2D eigenvalue weighted by Gasteiger charge is -2.48. The van der Waals surface area contributed by atoms with Gasteiger partial charge in [0.1, 0.15) is 0 Å². The Labute approximate surface area is 126 Å². The van der Waals surface area contributed by atoms with Crippen molar-refractivity contribution in [2.45, 2.75) is 97.2 Å². The molecule has 118 valence electrons. The average Bonchev–Trinajstić information content (AvgIpc) is 2.92. The highest BCUT2D eigenvalue weighted by Gasteiger charge is 2.39. The molecule has 2 unspecified atom stereocenters. The van der Waals surface area contributed by atoms with Gasteiger partial charge < -0.3 is 5.32 Å². The zero-order valence-corrected chi connectivity index (χ0v) is 14.3. The van der Waals surface area contributed by atoms with Gasteiger partial charge in [-0.25, -0.2) is 0 Å². The first kappa shape index (κ1) is 16.3. The summed E-state index contributed by atoms with van der Waals surface area (Å²) in [5, 5.41) is 3.86. The van der Waals surface area contributed by atoms with Crippen LogP contribution in [0.4, 0.5) is 0 Å². The molecule has 0 amide bonds. The molecular formula is C18H36N2. The second-order valence-electron chi connectivity index (χ2n) is 7.80. The van der Waals surface area contributed by atoms with Crippen LogP contribution < -0.4 is 5.32 Å². The lowest BCUT2D eigenvalue weighted by molar-refractivity contribution is 0.0407. The summed E-state index contributed by atoms with van der Waals surface area (Å²) < 4.78 is 0. The largest absolute Gasteiger partial charge is 0.312 e. The first-order valence-corrected chi connectivity index (χ1v) is 9.06. The molecule has 2 atom stereocenters. The molecule has 0 spiro atoms. The Morgan fingerprint density at radius 3 is 2.40 bits per heavy atom. The second kappa shape index (κ2) is 7.26. The van der Waals surface area contributed by atoms with Gasteiger partial charge in [0.05, 0.1) is 0 Å². The predicted molar refractivity (Wildman–Crippen MR) is 88.1 cm³/mol. The Kier molecular flexibility index (Phi) is 5.92. The third-order valence-electron chi connectivity index (χ3n) is 5.60. The lowest BCUT2D eigenvalue weighted by atomic mass is 9.72. The van der Waals surface area contributed by atoms with E-state index in [2.05, 4.69) is 37.9 Å². The number of hydrogen-bond donors (Lipinski definition) is 1. The Morgan fingerprint density at radius 2 is 1.80 bits per heavy atom. The molecule has 0 heterocycles. The quantitative estimate of drug-likeness (QED) is 0.784. The van der Waals surface area contributed by atoms with Gasteiger partial charge in [0.25, 0.3) is 0 Å². The Balaban J connectivity index is 2.07. The van der Waals surface area contributed by atoms with Crippen molar-refractivity contribution in [3.8, 4) is 0 Å². The minimum absolute atomic E-state index is 0.529. The maximum absolute atomic E-state index is 3.86. The minimum atomic E-state index is 0.529. The highest BCUT2D eigenvalue weighted by molar-refractivity contribution is 4.96. The van der Waals surface area contributed by atoms with E-state index >= 15 is 0 Å². The molecule has 0 radical (unpaired) electrons. The van der Waals surface area contributed by atoms with Crippen LogP contribution in [0.1, 0.15) is 79.1 Å². The second-order valence-corrected chi connectivity index (χ2v) is 7.80. The summed E-state index contributed by atoms with van der Waals surface area (Å²) in [4.78, 5) is 2.86. The molecule has 2 heteroatoms. The third-order valence-corrected chi connectivity index (χ3v) is 5.60. The summed E-state index contributed by atoms with van der Waals surface area (Å²) in [6.45, 7) is 12.0. The van der Waals surface area contributed by atoms with E-state index in [1.54, 1.807) is 0 Å². The minimum Gasteiger partial charge on any atom is -0.312 e. The van der Waals surface area contributed by atoms with Crippen LogP contribution in [0, 0.1) is 5.41 Å². The van der Waals surface area contributed by atoms with Gasteiger partial charge >= 0.3 is 0 Å². The monoisotopic (exact) mass is 280 g/mol. The van der Waals surface area contributed by atoms with Crippen LogP contribution in [0.15, 0.2) is 0 Å². The molecule has 2 saturated carbocycles. The van der Waals surface area contributed by atoms with Crippen molar-refractivity contribution in [2.24, 2.45) is 5.41 Å². The molecule has 0 saturated heterocycles. The zero-order chi connectivity index (χ0) is 14.6. The summed E-state index contributed by atoms with van der Waals surface area (Å²) in [6, 6.07) is 2.35. The topological polar surface area (TPSA) is 15.3 Å². The van der Waals surface area contributed by atoms with Gasteiger partial charge in [0, 0.05) is 18.1 Å². The Hall–Kier alpha value is -0.0800. The molecule has 2 nitrogen and oxygen atoms in total. The number of likely N-dealkylation sites (N-methyl/N-ethyl adjacent to an activating group) is 1. The lowest BCUT2D eigenvalue weighted by Crippen LogP contribution is -2.57. The molecular weight excluding hydrogens is 244 g/mol. The van der Waals surface area contributed by atoms with E-state index < -0.39 is 0 Å². The van der Waals surface area contributed by atoms with Crippen molar-refractivity contribution < 1.29 is 0 Å². The molecule has 0 aromatic rings. The van der Waals surface area contributed by atoms with Gasteiger partial charge in [-0.1, -0.05) is 40.5 Å². The first-order valence-electron chi connectivity index (χ1n) is 9.06. The molecule has 2 rings (SSSR count). The van der Waals surface area contributed by atoms with Gasteiger partial charge in [-0.3, -0.25) is 4.90 Å². The summed E-state index contributed by atoms with van der Waals surface area (Å²) in [5.41, 5.74) is 0.529. The molecule has 0 bridgehead atoms. The smallest absolute Gasteiger partial charge is 0.0257 e. The summed E-state index contributed by atoms with van der Waals surface area (Å²) >= 11 is 0. The molecule has 2 fully saturated rings. The standard InChI is InChI=1S/C18H36N2/c1-5-13-19-16-11-12-18(3,4)14-17(16)20(6-2)15-9-7-8-10-15/h15-17,19H,5-14H2,1-4H3. The summed E-state index contributed by atoms with van der Waals surface area (Å²) in [6.07, 6.45) is 11.1. The number of nitrogens with one attached hydrogen (secondary N) is 1. The van der Waals surface area contributed by atoms with Gasteiger partial charge in [-0.15, -0.1) is 0 Å². The average molecular weight is 280 g/mol. The SMILES string of the molecule is CCCNC1CCC(C)(C)CC1N(CC)C1CCCC1. The maximum atomic E-state index is 3.86. The van der Waals surface area contributed by atoms with E-state index in [1.165, 1.54) is 64.5 Å². The molecule has 1 N–H and O–H groups in total. The van der Waals surface area contributed by atoms with E-state index in [4.69, 9.17) is 0 Å². The number of nitrogens with zero attached hydrogens (tertiary/aromatic N) is 1. The van der Waals surface area contributed by atoms with Crippen molar-refractivity contribution in [3.63, 3.8) is 0 Å². The molecule has 0 aromatic heterocycles. The van der Waals surface area contributed by atoms with E-state index in [0.717, 1.165) is 18.1 Å². The van der Waals surface area contributed by atoms with Crippen LogP contribution in [-0.2, 0) is 0 Å². The van der Waals surface area contributed by atoms with E-state index in [1.807, 2.05) is 0 Å². The van der Waals surface area contributed by atoms with E-state index in [0.29, 0.717) is 5.41 Å². The van der Waals surface area contributed by atoms with Gasteiger partial charge in [-0.2, -0.15) is 0 Å². The molecule has 20 heavy (non-hydrogen) atoms. The number of rotatable bonds is 6. The highest BCUT2D eigenvalue weighted by atomic mass is 15.2. The molecule has 0 aliphatic heterocycles. The fourth-order valence-electron chi connectivity index (χ4n) is 4.46. The van der Waals surface area contributed by atoms with Crippen LogP contribution in [-0.4, -0.2) is 36.1 Å². The number of hydrogen-bond acceptors (Lipinski definition) is 2. The highest BCUT2D eigenvalue weighted by Crippen LogP contribution is 2.39. The van der Waals surface area contributed by atoms with Crippen LogP contribution in [0.5, 0.6) is 0 Å². The normalized spacial score (nSPS) is 31.1. The van der Waals surface area contributed by atoms with Crippen LogP contribution >= 0.6 is 0 Å². The van der Waals surface area contributed by atoms with Crippen molar-refractivity contribution in [1.82, 2.24) is 10.2 Å². The van der Waals surface area contributed by atoms with E-state index in [9.17, 15) is 0 Å². The fourth-order valence-corrected chi connectivity index (χ4v) is 4.46. The summed E-state index contributed by atoms with van der Waals surface area (Å²) in [5.74, 6) is 0. The van der Waals surface area contributed by atoms with Crippen molar-refractivity contribution in [3.05, 3.63) is 0 Å². The zero-order valence-electron chi connectivity index (χ0n) is 14.3. The first-order chi connectivity index (χ1) is 9.57. The maximum Gasteiger partial charge on any atom is 0.0257 e. The molecule has 2 aliphatic rings. The van der Waals surface area contributed by atoms with Crippen molar-refractivity contribution >= 4 is 0 Å². The predicted octanol–water partition coefficient (Wildman–Crippen LogP) is 4.20. The van der Waals surface area contributed by atoms with Crippen LogP contribution in [0.3, 0.4) is 0 Å². The van der Waals surface area contributed by atoms with Crippen LogP contribution in [0.2, 0.25) is 0 Å². The van der Waals surface area contributed by atoms with Gasteiger partial charge in [0.15, 0.2) is 0 Å². The Bertz CT molecular complexity index is 281. The van der Waals surface area contributed by atoms with Crippen molar-refractivity contribution in [2.75, 3.05) is 13.1 Å². The summed E-state index contributed by atoms with van der Waals surface area (Å²) in [7, 11) is 0. The van der Waals surface area contributed by atoms with Gasteiger partial charge in [-0.05, 0) is 57.0 Å². The van der Waals surface area contributed by atoms with Crippen molar-refractivity contribution in [1.29, 1.82) is 0 Å².